The number of piperidine rings is 1. The lowest BCUT2D eigenvalue weighted by Crippen LogP contribution is -2.33. The molecule has 0 bridgehead atoms. The van der Waals surface area contributed by atoms with Crippen molar-refractivity contribution in [1.82, 2.24) is 14.7 Å². The van der Waals surface area contributed by atoms with E-state index >= 15 is 0 Å². The fourth-order valence-electron chi connectivity index (χ4n) is 3.14. The number of carbonyl (C=O) groups is 1. The first kappa shape index (κ1) is 21.9. The van der Waals surface area contributed by atoms with E-state index in [1.807, 2.05) is 30.1 Å². The number of likely N-dealkylation sites (tertiary alicyclic amines) is 1. The minimum absolute atomic E-state index is 0.0599. The highest BCUT2D eigenvalue weighted by Crippen LogP contribution is 2.23. The number of alkyl halides is 3. The number of rotatable bonds is 4. The van der Waals surface area contributed by atoms with Crippen LogP contribution in [0.25, 0.3) is 0 Å². The van der Waals surface area contributed by atoms with Crippen LogP contribution in [0.3, 0.4) is 0 Å². The molecule has 0 unspecified atom stereocenters. The molecular formula is C19H23F4N3O2. The summed E-state index contributed by atoms with van der Waals surface area (Å²) in [7, 11) is 1.95. The second-order valence-electron chi connectivity index (χ2n) is 6.84. The lowest BCUT2D eigenvalue weighted by atomic mass is 9.90. The maximum absolute atomic E-state index is 13.7. The largest absolute Gasteiger partial charge is 0.490 e. The van der Waals surface area contributed by atoms with Gasteiger partial charge in [0.05, 0.1) is 6.20 Å². The van der Waals surface area contributed by atoms with E-state index in [0.717, 1.165) is 44.5 Å². The molecule has 5 nitrogen and oxygen atoms in total. The SMILES string of the molecule is Cn1cc(CN2CCC(Cc3ccccc3F)CC2)cn1.O=C(O)C(F)(F)F. The molecule has 0 amide bonds. The molecule has 28 heavy (non-hydrogen) atoms. The average Bonchev–Trinajstić information content (AvgIpc) is 3.03. The molecule has 0 spiro atoms. The van der Waals surface area contributed by atoms with Gasteiger partial charge >= 0.3 is 12.1 Å². The van der Waals surface area contributed by atoms with E-state index in [1.165, 1.54) is 5.56 Å². The molecule has 0 aliphatic carbocycles. The summed E-state index contributed by atoms with van der Waals surface area (Å²) in [6.45, 7) is 3.16. The van der Waals surface area contributed by atoms with Crippen molar-refractivity contribution < 1.29 is 27.5 Å². The maximum atomic E-state index is 13.7. The Labute approximate surface area is 160 Å². The van der Waals surface area contributed by atoms with Gasteiger partial charge in [0, 0.05) is 25.4 Å². The van der Waals surface area contributed by atoms with Gasteiger partial charge in [0.2, 0.25) is 0 Å². The Bertz CT molecular complexity index is 769. The molecule has 1 fully saturated rings. The molecule has 1 aliphatic rings. The van der Waals surface area contributed by atoms with Crippen LogP contribution >= 0.6 is 0 Å². The summed E-state index contributed by atoms with van der Waals surface area (Å²) in [4.78, 5) is 11.4. The fraction of sp³-hybridized carbons (Fsp3) is 0.474. The third-order valence-electron chi connectivity index (χ3n) is 4.58. The van der Waals surface area contributed by atoms with Gasteiger partial charge in [-0.3, -0.25) is 9.58 Å². The Morgan fingerprint density at radius 2 is 1.86 bits per heavy atom. The molecule has 0 atom stereocenters. The maximum Gasteiger partial charge on any atom is 0.490 e. The summed E-state index contributed by atoms with van der Waals surface area (Å²) >= 11 is 0. The van der Waals surface area contributed by atoms with Gasteiger partial charge in [-0.15, -0.1) is 0 Å². The normalized spacial score (nSPS) is 15.8. The average molecular weight is 401 g/mol. The van der Waals surface area contributed by atoms with Crippen LogP contribution in [0.4, 0.5) is 17.6 Å². The van der Waals surface area contributed by atoms with Crippen molar-refractivity contribution in [3.05, 3.63) is 53.6 Å². The third-order valence-corrected chi connectivity index (χ3v) is 4.58. The Balaban J connectivity index is 0.000000345. The summed E-state index contributed by atoms with van der Waals surface area (Å²) in [6, 6.07) is 7.16. The summed E-state index contributed by atoms with van der Waals surface area (Å²) in [6.07, 6.45) is 2.09. The van der Waals surface area contributed by atoms with Gasteiger partial charge in [-0.25, -0.2) is 9.18 Å². The third kappa shape index (κ3) is 6.95. The van der Waals surface area contributed by atoms with E-state index in [9.17, 15) is 17.6 Å². The number of carboxylic acid groups (broad SMARTS) is 1. The number of carboxylic acids is 1. The van der Waals surface area contributed by atoms with Crippen molar-refractivity contribution in [3.8, 4) is 0 Å². The monoisotopic (exact) mass is 401 g/mol. The summed E-state index contributed by atoms with van der Waals surface area (Å²) in [5.74, 6) is -2.21. The topological polar surface area (TPSA) is 58.4 Å². The van der Waals surface area contributed by atoms with E-state index < -0.39 is 12.1 Å². The van der Waals surface area contributed by atoms with Gasteiger partial charge in [-0.1, -0.05) is 18.2 Å². The minimum Gasteiger partial charge on any atom is -0.475 e. The highest BCUT2D eigenvalue weighted by atomic mass is 19.4. The molecule has 1 aromatic carbocycles. The number of aromatic nitrogens is 2. The molecule has 1 N–H and O–H groups in total. The van der Waals surface area contributed by atoms with Crippen molar-refractivity contribution in [2.45, 2.75) is 32.0 Å². The minimum atomic E-state index is -5.08. The molecule has 2 aromatic rings. The summed E-state index contributed by atoms with van der Waals surface area (Å²) in [5.41, 5.74) is 2.13. The van der Waals surface area contributed by atoms with Gasteiger partial charge in [0.15, 0.2) is 0 Å². The number of hydrogen-bond donors (Lipinski definition) is 1. The van der Waals surface area contributed by atoms with Crippen molar-refractivity contribution in [3.63, 3.8) is 0 Å². The quantitative estimate of drug-likeness (QED) is 0.795. The van der Waals surface area contributed by atoms with Crippen molar-refractivity contribution in [2.75, 3.05) is 13.1 Å². The van der Waals surface area contributed by atoms with Crippen molar-refractivity contribution >= 4 is 5.97 Å². The van der Waals surface area contributed by atoms with Crippen LogP contribution < -0.4 is 0 Å². The number of nitrogens with zero attached hydrogens (tertiary/aromatic N) is 3. The molecule has 9 heteroatoms. The van der Waals surface area contributed by atoms with Gasteiger partial charge in [-0.2, -0.15) is 18.3 Å². The molecule has 3 rings (SSSR count). The van der Waals surface area contributed by atoms with Crippen LogP contribution in [0.2, 0.25) is 0 Å². The smallest absolute Gasteiger partial charge is 0.475 e. The number of halogens is 4. The molecule has 1 aliphatic heterocycles. The van der Waals surface area contributed by atoms with Crippen LogP contribution in [0.15, 0.2) is 36.7 Å². The Morgan fingerprint density at radius 1 is 1.25 bits per heavy atom. The highest BCUT2D eigenvalue weighted by Gasteiger charge is 2.38. The van der Waals surface area contributed by atoms with Crippen LogP contribution in [0.1, 0.15) is 24.0 Å². The standard InChI is InChI=1S/C17H22FN3.C2HF3O2/c1-20-12-15(11-19-20)13-21-8-6-14(7-9-21)10-16-4-2-3-5-17(16)18;3-2(4,5)1(6)7/h2-5,11-12,14H,6-10,13H2,1H3;(H,6,7). The zero-order valence-electron chi connectivity index (χ0n) is 15.5. The molecule has 1 saturated heterocycles. The van der Waals surface area contributed by atoms with Crippen molar-refractivity contribution in [1.29, 1.82) is 0 Å². The number of benzene rings is 1. The lowest BCUT2D eigenvalue weighted by molar-refractivity contribution is -0.192. The fourth-order valence-corrected chi connectivity index (χ4v) is 3.14. The summed E-state index contributed by atoms with van der Waals surface area (Å²) < 4.78 is 47.3. The predicted octanol–water partition coefficient (Wildman–Crippen LogP) is 3.65. The van der Waals surface area contributed by atoms with Gasteiger partial charge < -0.3 is 5.11 Å². The number of aryl methyl sites for hydroxylation is 1. The van der Waals surface area contributed by atoms with Crippen LogP contribution in [0, 0.1) is 11.7 Å². The van der Waals surface area contributed by atoms with Gasteiger partial charge in [0.1, 0.15) is 5.82 Å². The zero-order chi connectivity index (χ0) is 20.7. The molecular weight excluding hydrogens is 378 g/mol. The van der Waals surface area contributed by atoms with Gasteiger partial charge in [-0.05, 0) is 49.9 Å². The van der Waals surface area contributed by atoms with E-state index in [2.05, 4.69) is 16.2 Å². The van der Waals surface area contributed by atoms with Crippen LogP contribution in [-0.4, -0.2) is 45.0 Å². The van der Waals surface area contributed by atoms with E-state index in [4.69, 9.17) is 9.90 Å². The lowest BCUT2D eigenvalue weighted by Gasteiger charge is -2.31. The second-order valence-corrected chi connectivity index (χ2v) is 6.84. The van der Waals surface area contributed by atoms with Crippen molar-refractivity contribution in [2.24, 2.45) is 13.0 Å². The van der Waals surface area contributed by atoms with Gasteiger partial charge in [0.25, 0.3) is 0 Å². The molecule has 154 valence electrons. The van der Waals surface area contributed by atoms with E-state index in [0.29, 0.717) is 5.92 Å². The number of aliphatic carboxylic acids is 1. The molecule has 0 radical (unpaired) electrons. The Morgan fingerprint density at radius 3 is 2.36 bits per heavy atom. The van der Waals surface area contributed by atoms with Crippen LogP contribution in [0.5, 0.6) is 0 Å². The number of hydrogen-bond acceptors (Lipinski definition) is 3. The first-order valence-electron chi connectivity index (χ1n) is 8.88. The molecule has 1 aromatic heterocycles. The first-order chi connectivity index (χ1) is 13.1. The predicted molar refractivity (Wildman–Crippen MR) is 95.0 cm³/mol. The Hall–Kier alpha value is -2.42. The van der Waals surface area contributed by atoms with E-state index in [-0.39, 0.29) is 5.82 Å². The van der Waals surface area contributed by atoms with E-state index in [1.54, 1.807) is 12.1 Å². The highest BCUT2D eigenvalue weighted by molar-refractivity contribution is 5.73. The first-order valence-corrected chi connectivity index (χ1v) is 8.88. The second kappa shape index (κ2) is 9.68. The Kier molecular flexibility index (Phi) is 7.56. The molecule has 0 saturated carbocycles. The zero-order valence-corrected chi connectivity index (χ0v) is 15.5. The molecule has 2 heterocycles. The van der Waals surface area contributed by atoms with Crippen LogP contribution in [-0.2, 0) is 24.8 Å². The summed E-state index contributed by atoms with van der Waals surface area (Å²) in [5, 5.41) is 11.3.